The summed E-state index contributed by atoms with van der Waals surface area (Å²) in [5.41, 5.74) is -9.01. The number of fused-ring (bicyclic) bond motifs is 2. The Bertz CT molecular complexity index is 899. The van der Waals surface area contributed by atoms with Crippen LogP contribution < -0.4 is 0 Å². The van der Waals surface area contributed by atoms with Gasteiger partial charge in [0.15, 0.2) is 0 Å². The Morgan fingerprint density at radius 1 is 0.538 bits per heavy atom. The van der Waals surface area contributed by atoms with E-state index in [2.05, 4.69) is 0 Å². The van der Waals surface area contributed by atoms with Gasteiger partial charge in [-0.15, -0.1) is 0 Å². The van der Waals surface area contributed by atoms with E-state index in [1.54, 1.807) is 0 Å². The number of hydrogen-bond donors (Lipinski definition) is 6. The van der Waals surface area contributed by atoms with Crippen LogP contribution in [-0.2, 0) is 11.6 Å². The topological polar surface area (TPSA) is 156 Å². The maximum Gasteiger partial charge on any atom is 0.232 e. The van der Waals surface area contributed by atoms with Gasteiger partial charge in [0, 0.05) is 22.3 Å². The Morgan fingerprint density at radius 2 is 0.846 bits per heavy atom. The van der Waals surface area contributed by atoms with Crippen molar-refractivity contribution >= 4 is 11.6 Å². The molecule has 0 aromatic heterocycles. The molecule has 2 aromatic carbocycles. The summed E-state index contributed by atoms with van der Waals surface area (Å²) in [7, 11) is 0. The fraction of sp³-hybridized carbons (Fsp3) is 0.222. The highest BCUT2D eigenvalue weighted by atomic mass is 16.6. The first kappa shape index (κ1) is 17.0. The van der Waals surface area contributed by atoms with Gasteiger partial charge in [-0.1, -0.05) is 48.5 Å². The average molecular weight is 358 g/mol. The Morgan fingerprint density at radius 3 is 1.15 bits per heavy atom. The Balaban J connectivity index is 2.04. The first-order valence-corrected chi connectivity index (χ1v) is 7.65. The van der Waals surface area contributed by atoms with E-state index in [9.17, 15) is 40.2 Å². The minimum Gasteiger partial charge on any atom is -0.374 e. The largest absolute Gasteiger partial charge is 0.374 e. The molecule has 0 heterocycles. The lowest BCUT2D eigenvalue weighted by atomic mass is 9.70. The van der Waals surface area contributed by atoms with Gasteiger partial charge in [0.05, 0.1) is 0 Å². The second kappa shape index (κ2) is 4.63. The molecule has 4 rings (SSSR count). The van der Waals surface area contributed by atoms with Crippen LogP contribution in [0, 0.1) is 0 Å². The number of rotatable bonds is 1. The van der Waals surface area contributed by atoms with Crippen LogP contribution in [0.4, 0.5) is 0 Å². The summed E-state index contributed by atoms with van der Waals surface area (Å²) in [6, 6.07) is 9.97. The van der Waals surface area contributed by atoms with E-state index in [0.29, 0.717) is 0 Å². The van der Waals surface area contributed by atoms with E-state index < -0.39 is 45.5 Å². The zero-order valence-electron chi connectivity index (χ0n) is 13.1. The Kier molecular flexibility index (Phi) is 3.02. The third-order valence-electron chi connectivity index (χ3n) is 5.28. The number of aliphatic hydroxyl groups is 6. The fourth-order valence-corrected chi connectivity index (χ4v) is 3.90. The summed E-state index contributed by atoms with van der Waals surface area (Å²) < 4.78 is 0. The van der Waals surface area contributed by atoms with E-state index in [1.165, 1.54) is 24.3 Å². The summed E-state index contributed by atoms with van der Waals surface area (Å²) in [4.78, 5) is 25.6. The lowest BCUT2D eigenvalue weighted by Crippen LogP contribution is -2.75. The van der Waals surface area contributed by atoms with Crippen molar-refractivity contribution in [3.05, 3.63) is 70.8 Å². The highest BCUT2D eigenvalue weighted by Gasteiger charge is 2.82. The van der Waals surface area contributed by atoms with E-state index >= 15 is 0 Å². The molecule has 0 saturated carbocycles. The quantitative estimate of drug-likeness (QED) is 0.337. The number of hydrogen-bond acceptors (Lipinski definition) is 8. The molecule has 0 amide bonds. The third-order valence-corrected chi connectivity index (χ3v) is 5.28. The van der Waals surface area contributed by atoms with Gasteiger partial charge < -0.3 is 30.6 Å². The molecule has 2 atom stereocenters. The van der Waals surface area contributed by atoms with E-state index in [0.717, 1.165) is 24.3 Å². The van der Waals surface area contributed by atoms with E-state index in [1.807, 2.05) is 0 Å². The second-order valence-corrected chi connectivity index (χ2v) is 6.51. The molecule has 2 aliphatic rings. The molecule has 0 spiro atoms. The number of carbonyl (C=O) groups is 2. The van der Waals surface area contributed by atoms with Crippen molar-refractivity contribution in [3.63, 3.8) is 0 Å². The van der Waals surface area contributed by atoms with Crippen molar-refractivity contribution in [1.29, 1.82) is 0 Å². The summed E-state index contributed by atoms with van der Waals surface area (Å²) in [5.74, 6) is -9.75. The molecule has 0 aliphatic heterocycles. The van der Waals surface area contributed by atoms with Crippen molar-refractivity contribution < 1.29 is 40.2 Å². The molecule has 8 heteroatoms. The van der Waals surface area contributed by atoms with Crippen LogP contribution in [-0.4, -0.2) is 53.4 Å². The van der Waals surface area contributed by atoms with Gasteiger partial charge in [-0.2, -0.15) is 0 Å². The maximum atomic E-state index is 12.8. The molecule has 0 saturated heterocycles. The Labute approximate surface area is 146 Å². The number of Topliss-reactive ketones (excluding diaryl/α,β-unsaturated/α-hetero) is 2. The SMILES string of the molecule is O=C1c2ccccc2C(O)(O)C1(O)C1(O)C(=O)c2ccccc2C1(O)O. The van der Waals surface area contributed by atoms with Crippen LogP contribution in [0.2, 0.25) is 0 Å². The molecular weight excluding hydrogens is 344 g/mol. The highest BCUT2D eigenvalue weighted by molar-refractivity contribution is 6.18. The van der Waals surface area contributed by atoms with Crippen molar-refractivity contribution in [2.75, 3.05) is 0 Å². The lowest BCUT2D eigenvalue weighted by molar-refractivity contribution is -0.359. The predicted molar refractivity (Wildman–Crippen MR) is 83.7 cm³/mol. The fourth-order valence-electron chi connectivity index (χ4n) is 3.90. The molecule has 2 aliphatic carbocycles. The maximum absolute atomic E-state index is 12.8. The molecular formula is C18H14O8. The van der Waals surface area contributed by atoms with Gasteiger partial charge in [0.1, 0.15) is 0 Å². The molecule has 0 bridgehead atoms. The molecule has 26 heavy (non-hydrogen) atoms. The minimum atomic E-state index is -3.66. The van der Waals surface area contributed by atoms with Crippen molar-refractivity contribution in [2.24, 2.45) is 0 Å². The molecule has 134 valence electrons. The molecule has 0 radical (unpaired) electrons. The molecule has 0 fully saturated rings. The van der Waals surface area contributed by atoms with Gasteiger partial charge in [-0.25, -0.2) is 0 Å². The van der Waals surface area contributed by atoms with E-state index in [-0.39, 0.29) is 11.1 Å². The lowest BCUT2D eigenvalue weighted by Gasteiger charge is -2.46. The standard InChI is InChI=1S/C18H14O8/c19-13-9-5-1-3-7-11(9)17(23,24)15(13,21)16(22)14(20)10-6-2-4-8-12(10)18(16,25)26/h1-8,21-26H. The van der Waals surface area contributed by atoms with Gasteiger partial charge in [-0.3, -0.25) is 9.59 Å². The van der Waals surface area contributed by atoms with E-state index in [4.69, 9.17) is 0 Å². The van der Waals surface area contributed by atoms with Crippen molar-refractivity contribution in [3.8, 4) is 0 Å². The van der Waals surface area contributed by atoms with Crippen molar-refractivity contribution in [1.82, 2.24) is 0 Å². The molecule has 6 N–H and O–H groups in total. The monoisotopic (exact) mass is 358 g/mol. The summed E-state index contributed by atoms with van der Waals surface area (Å²) in [6.45, 7) is 0. The number of carbonyl (C=O) groups excluding carboxylic acids is 2. The molecule has 2 unspecified atom stereocenters. The van der Waals surface area contributed by atoms with Gasteiger partial charge in [-0.05, 0) is 0 Å². The second-order valence-electron chi connectivity index (χ2n) is 6.51. The van der Waals surface area contributed by atoms with Gasteiger partial charge >= 0.3 is 0 Å². The first-order valence-electron chi connectivity index (χ1n) is 7.65. The Hall–Kier alpha value is -2.46. The normalized spacial score (nSPS) is 31.0. The van der Waals surface area contributed by atoms with Crippen LogP contribution in [0.15, 0.2) is 48.5 Å². The minimum absolute atomic E-state index is 0.368. The summed E-state index contributed by atoms with van der Waals surface area (Å²) in [6.07, 6.45) is 0. The van der Waals surface area contributed by atoms with Crippen molar-refractivity contribution in [2.45, 2.75) is 22.8 Å². The smallest absolute Gasteiger partial charge is 0.232 e. The van der Waals surface area contributed by atoms with Crippen LogP contribution in [0.25, 0.3) is 0 Å². The van der Waals surface area contributed by atoms with Crippen LogP contribution in [0.1, 0.15) is 31.8 Å². The summed E-state index contributed by atoms with van der Waals surface area (Å²) in [5, 5.41) is 64.2. The third kappa shape index (κ3) is 1.47. The zero-order chi connectivity index (χ0) is 19.1. The van der Waals surface area contributed by atoms with Gasteiger partial charge in [0.25, 0.3) is 0 Å². The predicted octanol–water partition coefficient (Wildman–Crippen LogP) is -1.48. The molecule has 8 nitrogen and oxygen atoms in total. The summed E-state index contributed by atoms with van der Waals surface area (Å²) >= 11 is 0. The van der Waals surface area contributed by atoms with Gasteiger partial charge in [0.2, 0.25) is 34.3 Å². The first-order chi connectivity index (χ1) is 12.0. The molecule has 2 aromatic rings. The highest BCUT2D eigenvalue weighted by Crippen LogP contribution is 2.56. The average Bonchev–Trinajstić information content (AvgIpc) is 2.89. The van der Waals surface area contributed by atoms with Crippen LogP contribution in [0.3, 0.4) is 0 Å². The number of benzene rings is 2. The zero-order valence-corrected chi connectivity index (χ0v) is 13.1. The van der Waals surface area contributed by atoms with Crippen LogP contribution in [0.5, 0.6) is 0 Å². The van der Waals surface area contributed by atoms with Crippen LogP contribution >= 0.6 is 0 Å². The number of ketones is 2.